The number of ether oxygens (including phenoxy) is 1. The fourth-order valence-corrected chi connectivity index (χ4v) is 3.17. The maximum atomic E-state index is 12.1. The van der Waals surface area contributed by atoms with Gasteiger partial charge in [0.2, 0.25) is 10.0 Å². The summed E-state index contributed by atoms with van der Waals surface area (Å²) in [5.41, 5.74) is 1.56. The summed E-state index contributed by atoms with van der Waals surface area (Å²) in [6.45, 7) is 4.47. The van der Waals surface area contributed by atoms with E-state index in [0.717, 1.165) is 11.3 Å². The fraction of sp³-hybridized carbons (Fsp3) is 0.400. The summed E-state index contributed by atoms with van der Waals surface area (Å²) in [5.74, 6) is 1.30. The highest BCUT2D eigenvalue weighted by Crippen LogP contribution is 2.24. The Kier molecular flexibility index (Phi) is 5.33. The van der Waals surface area contributed by atoms with Crippen molar-refractivity contribution >= 4 is 10.0 Å². The highest BCUT2D eigenvalue weighted by molar-refractivity contribution is 7.89. The molecule has 7 heteroatoms. The molecule has 0 saturated heterocycles. The predicted octanol–water partition coefficient (Wildman–Crippen LogP) is 2.27. The lowest BCUT2D eigenvalue weighted by atomic mass is 10.1. The SMILES string of the molecule is COCCCNS(=O)(=O)c1ccc(-c2nc(C)oc2C)cc1. The van der Waals surface area contributed by atoms with Crippen molar-refractivity contribution in [2.24, 2.45) is 0 Å². The van der Waals surface area contributed by atoms with Crippen molar-refractivity contribution in [2.45, 2.75) is 25.2 Å². The molecule has 0 amide bonds. The van der Waals surface area contributed by atoms with Gasteiger partial charge in [0.05, 0.1) is 4.90 Å². The molecule has 0 radical (unpaired) electrons. The van der Waals surface area contributed by atoms with E-state index < -0.39 is 10.0 Å². The summed E-state index contributed by atoms with van der Waals surface area (Å²) >= 11 is 0. The van der Waals surface area contributed by atoms with Crippen LogP contribution in [0.1, 0.15) is 18.1 Å². The third-order valence-electron chi connectivity index (χ3n) is 3.16. The van der Waals surface area contributed by atoms with E-state index in [4.69, 9.17) is 9.15 Å². The molecule has 1 N–H and O–H groups in total. The number of nitrogens with zero attached hydrogens (tertiary/aromatic N) is 1. The van der Waals surface area contributed by atoms with Crippen molar-refractivity contribution in [1.82, 2.24) is 9.71 Å². The summed E-state index contributed by atoms with van der Waals surface area (Å²) in [6.07, 6.45) is 0.630. The number of nitrogens with one attached hydrogen (secondary N) is 1. The molecule has 0 spiro atoms. The van der Waals surface area contributed by atoms with Crippen LogP contribution in [0.15, 0.2) is 33.6 Å². The van der Waals surface area contributed by atoms with Crippen LogP contribution >= 0.6 is 0 Å². The summed E-state index contributed by atoms with van der Waals surface area (Å²) in [7, 11) is -1.91. The maximum absolute atomic E-state index is 12.1. The summed E-state index contributed by atoms with van der Waals surface area (Å²) in [6, 6.07) is 6.59. The Morgan fingerprint density at radius 1 is 1.23 bits per heavy atom. The van der Waals surface area contributed by atoms with Gasteiger partial charge >= 0.3 is 0 Å². The van der Waals surface area contributed by atoms with Gasteiger partial charge < -0.3 is 9.15 Å². The standard InChI is InChI=1S/C15H20N2O4S/c1-11-15(17-12(2)21-11)13-5-7-14(8-6-13)22(18,19)16-9-4-10-20-3/h5-8,16H,4,9-10H2,1-3H3. The van der Waals surface area contributed by atoms with Crippen LogP contribution in [-0.4, -0.2) is 33.7 Å². The third-order valence-corrected chi connectivity index (χ3v) is 4.64. The summed E-state index contributed by atoms with van der Waals surface area (Å²) in [5, 5.41) is 0. The molecule has 0 atom stereocenters. The molecule has 0 aliphatic carbocycles. The van der Waals surface area contributed by atoms with Crippen molar-refractivity contribution in [3.63, 3.8) is 0 Å². The van der Waals surface area contributed by atoms with E-state index in [1.54, 1.807) is 38.3 Å². The number of aromatic nitrogens is 1. The Morgan fingerprint density at radius 2 is 1.91 bits per heavy atom. The zero-order valence-corrected chi connectivity index (χ0v) is 13.7. The molecule has 2 aromatic rings. The van der Waals surface area contributed by atoms with Crippen LogP contribution in [0.25, 0.3) is 11.3 Å². The quantitative estimate of drug-likeness (QED) is 0.790. The maximum Gasteiger partial charge on any atom is 0.240 e. The van der Waals surface area contributed by atoms with E-state index >= 15 is 0 Å². The normalized spacial score (nSPS) is 11.8. The van der Waals surface area contributed by atoms with Gasteiger partial charge in [-0.1, -0.05) is 12.1 Å². The van der Waals surface area contributed by atoms with Crippen LogP contribution in [0, 0.1) is 13.8 Å². The van der Waals surface area contributed by atoms with Crippen molar-refractivity contribution < 1.29 is 17.6 Å². The van der Waals surface area contributed by atoms with E-state index in [1.165, 1.54) is 0 Å². The van der Waals surface area contributed by atoms with E-state index in [-0.39, 0.29) is 4.90 Å². The number of oxazole rings is 1. The van der Waals surface area contributed by atoms with Gasteiger partial charge in [0.25, 0.3) is 0 Å². The molecule has 0 unspecified atom stereocenters. The second-order valence-electron chi connectivity index (χ2n) is 4.91. The highest BCUT2D eigenvalue weighted by Gasteiger charge is 2.15. The van der Waals surface area contributed by atoms with Gasteiger partial charge in [0, 0.05) is 32.7 Å². The van der Waals surface area contributed by atoms with Gasteiger partial charge in [0.1, 0.15) is 11.5 Å². The Bertz CT molecular complexity index is 721. The first kappa shape index (κ1) is 16.7. The second kappa shape index (κ2) is 7.04. The molecule has 1 heterocycles. The number of rotatable bonds is 7. The van der Waals surface area contributed by atoms with Crippen LogP contribution in [0.4, 0.5) is 0 Å². The predicted molar refractivity (Wildman–Crippen MR) is 83.1 cm³/mol. The number of sulfonamides is 1. The minimum atomic E-state index is -3.49. The monoisotopic (exact) mass is 324 g/mol. The first-order chi connectivity index (χ1) is 10.4. The number of benzene rings is 1. The van der Waals surface area contributed by atoms with Gasteiger partial charge in [-0.15, -0.1) is 0 Å². The first-order valence-corrected chi connectivity index (χ1v) is 8.45. The van der Waals surface area contributed by atoms with Crippen molar-refractivity contribution in [1.29, 1.82) is 0 Å². The smallest absolute Gasteiger partial charge is 0.240 e. The van der Waals surface area contributed by atoms with Crippen molar-refractivity contribution in [3.8, 4) is 11.3 Å². The van der Waals surface area contributed by atoms with Gasteiger partial charge in [-0.2, -0.15) is 0 Å². The van der Waals surface area contributed by atoms with E-state index in [1.807, 2.05) is 6.92 Å². The lowest BCUT2D eigenvalue weighted by molar-refractivity contribution is 0.196. The number of hydrogen-bond acceptors (Lipinski definition) is 5. The van der Waals surface area contributed by atoms with Crippen LogP contribution in [0.3, 0.4) is 0 Å². The first-order valence-electron chi connectivity index (χ1n) is 6.97. The zero-order chi connectivity index (χ0) is 16.2. The Morgan fingerprint density at radius 3 is 2.45 bits per heavy atom. The molecule has 0 fully saturated rings. The third kappa shape index (κ3) is 3.94. The summed E-state index contributed by atoms with van der Waals surface area (Å²) in [4.78, 5) is 4.53. The van der Waals surface area contributed by atoms with E-state index in [0.29, 0.717) is 31.2 Å². The number of aryl methyl sites for hydroxylation is 2. The number of methoxy groups -OCH3 is 1. The second-order valence-corrected chi connectivity index (χ2v) is 6.67. The van der Waals surface area contributed by atoms with Crippen molar-refractivity contribution in [3.05, 3.63) is 35.9 Å². The molecule has 1 aromatic carbocycles. The minimum absolute atomic E-state index is 0.228. The van der Waals surface area contributed by atoms with Gasteiger partial charge in [0.15, 0.2) is 5.89 Å². The fourth-order valence-electron chi connectivity index (χ4n) is 2.10. The molecule has 22 heavy (non-hydrogen) atoms. The molecular formula is C15H20N2O4S. The minimum Gasteiger partial charge on any atom is -0.446 e. The van der Waals surface area contributed by atoms with Gasteiger partial charge in [-0.25, -0.2) is 18.1 Å². The average molecular weight is 324 g/mol. The van der Waals surface area contributed by atoms with Crippen LogP contribution in [-0.2, 0) is 14.8 Å². The van der Waals surface area contributed by atoms with E-state index in [9.17, 15) is 8.42 Å². The molecule has 0 aliphatic rings. The zero-order valence-electron chi connectivity index (χ0n) is 12.9. The molecule has 120 valence electrons. The Hall–Kier alpha value is -1.70. The van der Waals surface area contributed by atoms with Crippen LogP contribution in [0.5, 0.6) is 0 Å². The lowest BCUT2D eigenvalue weighted by Gasteiger charge is -2.07. The molecule has 1 aromatic heterocycles. The van der Waals surface area contributed by atoms with Crippen LogP contribution in [0.2, 0.25) is 0 Å². The molecular weight excluding hydrogens is 304 g/mol. The van der Waals surface area contributed by atoms with E-state index in [2.05, 4.69) is 9.71 Å². The lowest BCUT2D eigenvalue weighted by Crippen LogP contribution is -2.25. The van der Waals surface area contributed by atoms with Gasteiger partial charge in [-0.3, -0.25) is 0 Å². The molecule has 0 aliphatic heterocycles. The molecule has 0 saturated carbocycles. The molecule has 2 rings (SSSR count). The number of hydrogen-bond donors (Lipinski definition) is 1. The highest BCUT2D eigenvalue weighted by atomic mass is 32.2. The van der Waals surface area contributed by atoms with Crippen molar-refractivity contribution in [2.75, 3.05) is 20.3 Å². The molecule has 6 nitrogen and oxygen atoms in total. The topological polar surface area (TPSA) is 81.4 Å². The van der Waals surface area contributed by atoms with Crippen LogP contribution < -0.4 is 4.72 Å². The van der Waals surface area contributed by atoms with Gasteiger partial charge in [-0.05, 0) is 25.5 Å². The Balaban J connectivity index is 2.13. The Labute approximate surface area is 130 Å². The summed E-state index contributed by atoms with van der Waals surface area (Å²) < 4.78 is 37.1. The largest absolute Gasteiger partial charge is 0.446 e. The molecule has 0 bridgehead atoms. The average Bonchev–Trinajstić information content (AvgIpc) is 2.82.